The molecule has 0 saturated carbocycles. The Morgan fingerprint density at radius 2 is 1.62 bits per heavy atom. The molecule has 2 rings (SSSR count). The van der Waals surface area contributed by atoms with Crippen molar-refractivity contribution in [1.29, 1.82) is 0 Å². The van der Waals surface area contributed by atoms with E-state index < -0.39 is 0 Å². The predicted molar refractivity (Wildman–Crippen MR) is 104 cm³/mol. The number of rotatable bonds is 6. The van der Waals surface area contributed by atoms with Gasteiger partial charge in [0.2, 0.25) is 0 Å². The van der Waals surface area contributed by atoms with Crippen LogP contribution in [-0.4, -0.2) is 44.5 Å². The molecule has 1 aliphatic heterocycles. The van der Waals surface area contributed by atoms with Crippen LogP contribution in [-0.2, 0) is 4.79 Å². The lowest BCUT2D eigenvalue weighted by atomic mass is 9.92. The van der Waals surface area contributed by atoms with Gasteiger partial charge in [-0.1, -0.05) is 13.8 Å². The fraction of sp³-hybridized carbons (Fsp3) is 0.600. The number of hydrogen-bond donors (Lipinski definition) is 3. The van der Waals surface area contributed by atoms with Crippen LogP contribution in [0.15, 0.2) is 24.3 Å². The van der Waals surface area contributed by atoms with Crippen molar-refractivity contribution >= 4 is 17.5 Å². The number of piperidine rings is 1. The quantitative estimate of drug-likeness (QED) is 0.659. The normalized spacial score (nSPS) is 22.5. The molecular formula is C20H33N4O2+. The van der Waals surface area contributed by atoms with Gasteiger partial charge in [0.15, 0.2) is 6.54 Å². The van der Waals surface area contributed by atoms with Crippen LogP contribution in [0.2, 0.25) is 0 Å². The van der Waals surface area contributed by atoms with Crippen molar-refractivity contribution in [2.24, 2.45) is 11.8 Å². The zero-order valence-corrected chi connectivity index (χ0v) is 16.5. The average Bonchev–Trinajstić information content (AvgIpc) is 2.60. The topological polar surface area (TPSA) is 65.9 Å². The maximum absolute atomic E-state index is 12.2. The summed E-state index contributed by atoms with van der Waals surface area (Å²) in [6.45, 7) is 12.9. The van der Waals surface area contributed by atoms with Crippen LogP contribution in [0.3, 0.4) is 0 Å². The maximum atomic E-state index is 12.2. The van der Waals surface area contributed by atoms with E-state index >= 15 is 0 Å². The molecule has 0 radical (unpaired) electrons. The number of amides is 2. The van der Waals surface area contributed by atoms with Gasteiger partial charge >= 0.3 is 0 Å². The summed E-state index contributed by atoms with van der Waals surface area (Å²) in [5, 5.41) is 0. The second kappa shape index (κ2) is 9.57. The Balaban J connectivity index is 1.81. The van der Waals surface area contributed by atoms with E-state index in [-0.39, 0.29) is 11.8 Å². The van der Waals surface area contributed by atoms with Gasteiger partial charge in [-0.05, 0) is 44.5 Å². The number of likely N-dealkylation sites (tertiary alicyclic amines) is 1. The van der Waals surface area contributed by atoms with Gasteiger partial charge in [-0.15, -0.1) is 0 Å². The standard InChI is InChI=1S/C20H32N4O2/c1-5-24(6-2)18-9-7-17(8-10-18)20(26)22-21-19(25)14-23-12-15(3)11-16(4)13-23/h7-10,15-16H,5-6,11-14H2,1-4H3,(H,21,25)(H,22,26)/p+1/t15-,16-/m1/s1. The minimum atomic E-state index is -0.292. The third kappa shape index (κ3) is 5.73. The summed E-state index contributed by atoms with van der Waals surface area (Å²) in [6.07, 6.45) is 1.23. The van der Waals surface area contributed by atoms with Gasteiger partial charge in [0.05, 0.1) is 13.1 Å². The number of benzene rings is 1. The summed E-state index contributed by atoms with van der Waals surface area (Å²) in [6, 6.07) is 7.44. The fourth-order valence-electron chi connectivity index (χ4n) is 3.95. The van der Waals surface area contributed by atoms with Crippen molar-refractivity contribution in [3.8, 4) is 0 Å². The van der Waals surface area contributed by atoms with E-state index in [9.17, 15) is 9.59 Å². The molecular weight excluding hydrogens is 328 g/mol. The number of anilines is 1. The summed E-state index contributed by atoms with van der Waals surface area (Å²) >= 11 is 0. The minimum Gasteiger partial charge on any atom is -0.372 e. The summed E-state index contributed by atoms with van der Waals surface area (Å²) in [5.41, 5.74) is 6.70. The number of quaternary nitrogens is 1. The van der Waals surface area contributed by atoms with Gasteiger partial charge in [-0.3, -0.25) is 20.4 Å². The molecule has 1 fully saturated rings. The smallest absolute Gasteiger partial charge is 0.293 e. The Bertz CT molecular complexity index is 588. The molecule has 1 saturated heterocycles. The first-order chi connectivity index (χ1) is 12.4. The molecule has 6 heteroatoms. The molecule has 0 unspecified atom stereocenters. The third-order valence-electron chi connectivity index (χ3n) is 5.06. The predicted octanol–water partition coefficient (Wildman–Crippen LogP) is 0.855. The first-order valence-electron chi connectivity index (χ1n) is 9.70. The van der Waals surface area contributed by atoms with E-state index in [0.29, 0.717) is 23.9 Å². The highest BCUT2D eigenvalue weighted by Gasteiger charge is 2.26. The molecule has 0 bridgehead atoms. The lowest BCUT2D eigenvalue weighted by Gasteiger charge is -2.31. The highest BCUT2D eigenvalue weighted by atomic mass is 16.2. The second-order valence-corrected chi connectivity index (χ2v) is 7.50. The highest BCUT2D eigenvalue weighted by Crippen LogP contribution is 2.14. The van der Waals surface area contributed by atoms with Gasteiger partial charge in [0.25, 0.3) is 11.8 Å². The Morgan fingerprint density at radius 1 is 1.04 bits per heavy atom. The molecule has 26 heavy (non-hydrogen) atoms. The van der Waals surface area contributed by atoms with Gasteiger partial charge in [-0.2, -0.15) is 0 Å². The van der Waals surface area contributed by atoms with Crippen LogP contribution in [0, 0.1) is 11.8 Å². The third-order valence-corrected chi connectivity index (χ3v) is 5.06. The van der Waals surface area contributed by atoms with E-state index in [2.05, 4.69) is 43.4 Å². The number of carbonyl (C=O) groups is 2. The highest BCUT2D eigenvalue weighted by molar-refractivity contribution is 5.95. The zero-order valence-electron chi connectivity index (χ0n) is 16.5. The lowest BCUT2D eigenvalue weighted by molar-refractivity contribution is -0.904. The molecule has 1 heterocycles. The van der Waals surface area contributed by atoms with E-state index in [1.807, 2.05) is 12.1 Å². The number of nitrogens with zero attached hydrogens (tertiary/aromatic N) is 1. The SMILES string of the molecule is CCN(CC)c1ccc(C(=O)NNC(=O)C[NH+]2C[C@H](C)C[C@@H](C)C2)cc1. The van der Waals surface area contributed by atoms with Gasteiger partial charge in [-0.25, -0.2) is 0 Å². The van der Waals surface area contributed by atoms with Crippen LogP contribution in [0.1, 0.15) is 44.5 Å². The lowest BCUT2D eigenvalue weighted by Crippen LogP contribution is -3.15. The molecule has 1 aromatic carbocycles. The minimum absolute atomic E-state index is 0.144. The van der Waals surface area contributed by atoms with Crippen molar-refractivity contribution < 1.29 is 14.5 Å². The zero-order chi connectivity index (χ0) is 19.1. The number of hydrazine groups is 1. The van der Waals surface area contributed by atoms with E-state index in [1.54, 1.807) is 12.1 Å². The van der Waals surface area contributed by atoms with Crippen LogP contribution in [0.5, 0.6) is 0 Å². The second-order valence-electron chi connectivity index (χ2n) is 7.50. The van der Waals surface area contributed by atoms with Crippen LogP contribution < -0.4 is 20.7 Å². The van der Waals surface area contributed by atoms with Crippen molar-refractivity contribution in [2.75, 3.05) is 37.6 Å². The Morgan fingerprint density at radius 3 is 2.15 bits per heavy atom. The van der Waals surface area contributed by atoms with Gasteiger partial charge < -0.3 is 9.80 Å². The van der Waals surface area contributed by atoms with Crippen molar-refractivity contribution in [1.82, 2.24) is 10.9 Å². The first kappa shape index (κ1) is 20.2. The molecule has 0 aliphatic carbocycles. The van der Waals surface area contributed by atoms with Crippen LogP contribution >= 0.6 is 0 Å². The Kier molecular flexibility index (Phi) is 7.45. The monoisotopic (exact) mass is 361 g/mol. The summed E-state index contributed by atoms with van der Waals surface area (Å²) in [7, 11) is 0. The first-order valence-corrected chi connectivity index (χ1v) is 9.70. The molecule has 1 aliphatic rings. The molecule has 2 atom stereocenters. The molecule has 3 N–H and O–H groups in total. The van der Waals surface area contributed by atoms with Crippen LogP contribution in [0.25, 0.3) is 0 Å². The number of carbonyl (C=O) groups excluding carboxylic acids is 2. The average molecular weight is 362 g/mol. The molecule has 0 spiro atoms. The van der Waals surface area contributed by atoms with Gasteiger partial charge in [0, 0.05) is 36.2 Å². The molecule has 144 valence electrons. The summed E-state index contributed by atoms with van der Waals surface area (Å²) in [5.74, 6) is 0.843. The molecule has 6 nitrogen and oxygen atoms in total. The van der Waals surface area contributed by atoms with E-state index in [4.69, 9.17) is 0 Å². The largest absolute Gasteiger partial charge is 0.372 e. The van der Waals surface area contributed by atoms with E-state index in [1.165, 1.54) is 11.3 Å². The molecule has 0 aromatic heterocycles. The summed E-state index contributed by atoms with van der Waals surface area (Å²) < 4.78 is 0. The Hall–Kier alpha value is -2.08. The van der Waals surface area contributed by atoms with Crippen molar-refractivity contribution in [3.05, 3.63) is 29.8 Å². The summed E-state index contributed by atoms with van der Waals surface area (Å²) in [4.78, 5) is 27.8. The van der Waals surface area contributed by atoms with Crippen molar-refractivity contribution in [3.63, 3.8) is 0 Å². The van der Waals surface area contributed by atoms with E-state index in [0.717, 1.165) is 31.9 Å². The maximum Gasteiger partial charge on any atom is 0.293 e. The van der Waals surface area contributed by atoms with Crippen LogP contribution in [0.4, 0.5) is 5.69 Å². The molecule has 2 amide bonds. The number of nitrogens with one attached hydrogen (secondary N) is 3. The fourth-order valence-corrected chi connectivity index (χ4v) is 3.95. The van der Waals surface area contributed by atoms with Gasteiger partial charge in [0.1, 0.15) is 0 Å². The Labute approximate surface area is 156 Å². The van der Waals surface area contributed by atoms with Crippen molar-refractivity contribution in [2.45, 2.75) is 34.1 Å². The molecule has 1 aromatic rings. The number of hydrogen-bond acceptors (Lipinski definition) is 3.